The minimum atomic E-state index is -4.50. The molecule has 0 aliphatic carbocycles. The molecule has 20 heavy (non-hydrogen) atoms. The molecule has 0 radical (unpaired) electrons. The molecule has 1 heterocycles. The standard InChI is InChI=1S/C13H21F3N2O2/c1-4-6-9-12(20)18(7-13(14,15)16)10(8(3)5-2)11(19)17-9/h8-10H,4-7H2,1-3H3,(H,17,19). The van der Waals surface area contributed by atoms with Crippen molar-refractivity contribution in [1.29, 1.82) is 0 Å². The second-order valence-electron chi connectivity index (χ2n) is 5.26. The van der Waals surface area contributed by atoms with E-state index < -0.39 is 36.6 Å². The van der Waals surface area contributed by atoms with E-state index in [1.54, 1.807) is 13.8 Å². The maximum absolute atomic E-state index is 12.7. The number of hydrogen-bond acceptors (Lipinski definition) is 2. The summed E-state index contributed by atoms with van der Waals surface area (Å²) in [6.07, 6.45) is -3.01. The van der Waals surface area contributed by atoms with Crippen LogP contribution >= 0.6 is 0 Å². The van der Waals surface area contributed by atoms with E-state index in [-0.39, 0.29) is 5.92 Å². The largest absolute Gasteiger partial charge is 0.406 e. The Bertz CT molecular complexity index is 371. The molecule has 7 heteroatoms. The molecule has 1 rings (SSSR count). The summed E-state index contributed by atoms with van der Waals surface area (Å²) in [6.45, 7) is 3.91. The van der Waals surface area contributed by atoms with Crippen molar-refractivity contribution in [2.24, 2.45) is 5.92 Å². The van der Waals surface area contributed by atoms with E-state index in [2.05, 4.69) is 5.32 Å². The molecule has 1 N–H and O–H groups in total. The lowest BCUT2D eigenvalue weighted by atomic mass is 9.92. The van der Waals surface area contributed by atoms with Crippen LogP contribution < -0.4 is 5.32 Å². The zero-order valence-corrected chi connectivity index (χ0v) is 12.0. The third-order valence-electron chi connectivity index (χ3n) is 3.61. The van der Waals surface area contributed by atoms with E-state index in [1.165, 1.54) is 0 Å². The van der Waals surface area contributed by atoms with Crippen LogP contribution in [0, 0.1) is 5.92 Å². The lowest BCUT2D eigenvalue weighted by molar-refractivity contribution is -0.176. The van der Waals surface area contributed by atoms with E-state index in [0.29, 0.717) is 24.2 Å². The number of carbonyl (C=O) groups is 2. The molecule has 4 nitrogen and oxygen atoms in total. The van der Waals surface area contributed by atoms with E-state index >= 15 is 0 Å². The van der Waals surface area contributed by atoms with E-state index in [1.807, 2.05) is 6.92 Å². The Morgan fingerprint density at radius 2 is 1.90 bits per heavy atom. The van der Waals surface area contributed by atoms with Crippen molar-refractivity contribution in [3.8, 4) is 0 Å². The molecule has 0 aromatic heterocycles. The molecule has 1 saturated heterocycles. The highest BCUT2D eigenvalue weighted by molar-refractivity contribution is 5.97. The van der Waals surface area contributed by atoms with Crippen LogP contribution in [0.3, 0.4) is 0 Å². The van der Waals surface area contributed by atoms with Crippen molar-refractivity contribution in [3.63, 3.8) is 0 Å². The molecule has 2 amide bonds. The van der Waals surface area contributed by atoms with Crippen molar-refractivity contribution < 1.29 is 22.8 Å². The number of rotatable bonds is 5. The van der Waals surface area contributed by atoms with Gasteiger partial charge in [0.15, 0.2) is 0 Å². The Balaban J connectivity index is 3.03. The van der Waals surface area contributed by atoms with Gasteiger partial charge in [-0.15, -0.1) is 0 Å². The number of nitrogens with zero attached hydrogens (tertiary/aromatic N) is 1. The Kier molecular flexibility index (Phi) is 5.42. The van der Waals surface area contributed by atoms with Gasteiger partial charge in [0.2, 0.25) is 11.8 Å². The molecule has 1 fully saturated rings. The first-order valence-electron chi connectivity index (χ1n) is 6.88. The fourth-order valence-electron chi connectivity index (χ4n) is 2.44. The predicted molar refractivity (Wildman–Crippen MR) is 67.8 cm³/mol. The topological polar surface area (TPSA) is 49.4 Å². The summed E-state index contributed by atoms with van der Waals surface area (Å²) in [5, 5.41) is 2.55. The molecule has 0 bridgehead atoms. The first-order valence-corrected chi connectivity index (χ1v) is 6.88. The molecule has 0 saturated carbocycles. The first-order chi connectivity index (χ1) is 9.21. The number of carbonyl (C=O) groups excluding carboxylic acids is 2. The highest BCUT2D eigenvalue weighted by Crippen LogP contribution is 2.26. The number of piperazine rings is 1. The number of amides is 2. The maximum Gasteiger partial charge on any atom is 0.406 e. The fraction of sp³-hybridized carbons (Fsp3) is 0.846. The van der Waals surface area contributed by atoms with Crippen molar-refractivity contribution >= 4 is 11.8 Å². The summed E-state index contributed by atoms with van der Waals surface area (Å²) < 4.78 is 38.0. The summed E-state index contributed by atoms with van der Waals surface area (Å²) in [5.74, 6) is -1.43. The second kappa shape index (κ2) is 6.45. The van der Waals surface area contributed by atoms with Gasteiger partial charge in [-0.1, -0.05) is 33.6 Å². The van der Waals surface area contributed by atoms with Gasteiger partial charge in [-0.3, -0.25) is 9.59 Å². The average molecular weight is 294 g/mol. The van der Waals surface area contributed by atoms with E-state index in [9.17, 15) is 22.8 Å². The SMILES string of the molecule is CCCC1NC(=O)C(C(C)CC)N(CC(F)(F)F)C1=O. The van der Waals surface area contributed by atoms with Gasteiger partial charge in [-0.2, -0.15) is 13.2 Å². The molecule has 0 spiro atoms. The Morgan fingerprint density at radius 3 is 2.35 bits per heavy atom. The predicted octanol–water partition coefficient (Wildman–Crippen LogP) is 2.09. The normalized spacial score (nSPS) is 25.6. The van der Waals surface area contributed by atoms with Crippen LogP contribution in [0.5, 0.6) is 0 Å². The Labute approximate surface area is 116 Å². The van der Waals surface area contributed by atoms with Crippen molar-refractivity contribution in [2.75, 3.05) is 6.54 Å². The first kappa shape index (κ1) is 16.8. The van der Waals surface area contributed by atoms with E-state index in [0.717, 1.165) is 0 Å². The number of alkyl halides is 3. The maximum atomic E-state index is 12.7. The Morgan fingerprint density at radius 1 is 1.30 bits per heavy atom. The third kappa shape index (κ3) is 3.86. The van der Waals surface area contributed by atoms with Crippen LogP contribution in [-0.2, 0) is 9.59 Å². The smallest absolute Gasteiger partial charge is 0.342 e. The summed E-state index contributed by atoms with van der Waals surface area (Å²) in [4.78, 5) is 24.9. The summed E-state index contributed by atoms with van der Waals surface area (Å²) in [7, 11) is 0. The molecule has 116 valence electrons. The Hall–Kier alpha value is -1.27. The quantitative estimate of drug-likeness (QED) is 0.844. The highest BCUT2D eigenvalue weighted by Gasteiger charge is 2.46. The molecule has 1 aliphatic rings. The zero-order chi connectivity index (χ0) is 15.5. The molecular formula is C13H21F3N2O2. The molecule has 1 aliphatic heterocycles. The van der Waals surface area contributed by atoms with Gasteiger partial charge in [-0.05, 0) is 12.3 Å². The van der Waals surface area contributed by atoms with Gasteiger partial charge in [0.1, 0.15) is 18.6 Å². The second-order valence-corrected chi connectivity index (χ2v) is 5.26. The van der Waals surface area contributed by atoms with Crippen molar-refractivity contribution in [3.05, 3.63) is 0 Å². The van der Waals surface area contributed by atoms with Crippen LogP contribution in [0.4, 0.5) is 13.2 Å². The fourth-order valence-corrected chi connectivity index (χ4v) is 2.44. The van der Waals surface area contributed by atoms with Crippen LogP contribution in [-0.4, -0.2) is 41.5 Å². The van der Waals surface area contributed by atoms with E-state index in [4.69, 9.17) is 0 Å². The highest BCUT2D eigenvalue weighted by atomic mass is 19.4. The zero-order valence-electron chi connectivity index (χ0n) is 12.0. The van der Waals surface area contributed by atoms with Crippen LogP contribution in [0.1, 0.15) is 40.0 Å². The number of hydrogen-bond donors (Lipinski definition) is 1. The van der Waals surface area contributed by atoms with Gasteiger partial charge < -0.3 is 10.2 Å². The number of halogens is 3. The van der Waals surface area contributed by atoms with Gasteiger partial charge >= 0.3 is 6.18 Å². The summed E-state index contributed by atoms with van der Waals surface area (Å²) >= 11 is 0. The minimum absolute atomic E-state index is 0.316. The monoisotopic (exact) mass is 294 g/mol. The van der Waals surface area contributed by atoms with Gasteiger partial charge in [-0.25, -0.2) is 0 Å². The molecule has 3 atom stereocenters. The van der Waals surface area contributed by atoms with Crippen LogP contribution in [0.2, 0.25) is 0 Å². The number of nitrogens with one attached hydrogen (secondary N) is 1. The van der Waals surface area contributed by atoms with Crippen molar-refractivity contribution in [1.82, 2.24) is 10.2 Å². The molecule has 0 aromatic rings. The minimum Gasteiger partial charge on any atom is -0.342 e. The summed E-state index contributed by atoms with van der Waals surface area (Å²) in [6, 6.07) is -1.88. The van der Waals surface area contributed by atoms with Gasteiger partial charge in [0.25, 0.3) is 0 Å². The van der Waals surface area contributed by atoms with Crippen LogP contribution in [0.15, 0.2) is 0 Å². The third-order valence-corrected chi connectivity index (χ3v) is 3.61. The molecule has 3 unspecified atom stereocenters. The average Bonchev–Trinajstić information content (AvgIpc) is 2.33. The van der Waals surface area contributed by atoms with Crippen molar-refractivity contribution in [2.45, 2.75) is 58.3 Å². The van der Waals surface area contributed by atoms with Crippen LogP contribution in [0.25, 0.3) is 0 Å². The van der Waals surface area contributed by atoms with Gasteiger partial charge in [0, 0.05) is 0 Å². The lowest BCUT2D eigenvalue weighted by Crippen LogP contribution is -2.66. The molecule has 0 aromatic carbocycles. The molecular weight excluding hydrogens is 273 g/mol. The lowest BCUT2D eigenvalue weighted by Gasteiger charge is -2.41. The summed E-state index contributed by atoms with van der Waals surface area (Å²) in [5.41, 5.74) is 0. The van der Waals surface area contributed by atoms with Gasteiger partial charge in [0.05, 0.1) is 0 Å².